The normalized spacial score (nSPS) is 11.4. The van der Waals surface area contributed by atoms with E-state index in [1.807, 2.05) is 0 Å². The molecule has 0 saturated heterocycles. The molecule has 0 amide bonds. The Morgan fingerprint density at radius 2 is 2.10 bits per heavy atom. The van der Waals surface area contributed by atoms with Gasteiger partial charge in [0.2, 0.25) is 0 Å². The summed E-state index contributed by atoms with van der Waals surface area (Å²) in [5, 5.41) is 6.70. The van der Waals surface area contributed by atoms with E-state index in [9.17, 15) is 8.42 Å². The first kappa shape index (κ1) is 15.3. The Bertz CT molecular complexity index is 733. The number of H-pyrrole nitrogens is 1. The highest BCUT2D eigenvalue weighted by Gasteiger charge is 2.19. The first-order chi connectivity index (χ1) is 9.89. The third kappa shape index (κ3) is 3.01. The quantitative estimate of drug-likeness (QED) is 0.771. The molecule has 2 aromatic rings. The SMILES string of the molecule is COc1ccc(S(=O)(=O)Nc2c(C)n[nH]c2C)cc1CN. The molecule has 0 saturated carbocycles. The zero-order valence-electron chi connectivity index (χ0n) is 12.1. The van der Waals surface area contributed by atoms with E-state index >= 15 is 0 Å². The van der Waals surface area contributed by atoms with Crippen LogP contribution in [0.5, 0.6) is 5.75 Å². The third-order valence-electron chi connectivity index (χ3n) is 3.15. The van der Waals surface area contributed by atoms with Crippen LogP contribution in [-0.2, 0) is 16.6 Å². The van der Waals surface area contributed by atoms with Gasteiger partial charge in [-0.05, 0) is 32.0 Å². The van der Waals surface area contributed by atoms with E-state index in [1.54, 1.807) is 19.9 Å². The Morgan fingerprint density at radius 1 is 1.38 bits per heavy atom. The fourth-order valence-corrected chi connectivity index (χ4v) is 3.21. The van der Waals surface area contributed by atoms with Crippen LogP contribution in [-0.4, -0.2) is 25.7 Å². The summed E-state index contributed by atoms with van der Waals surface area (Å²) in [5.41, 5.74) is 7.94. The summed E-state index contributed by atoms with van der Waals surface area (Å²) < 4.78 is 32.5. The average molecular weight is 310 g/mol. The molecule has 1 aromatic heterocycles. The molecule has 1 aromatic carbocycles. The zero-order valence-corrected chi connectivity index (χ0v) is 12.9. The van der Waals surface area contributed by atoms with Crippen molar-refractivity contribution in [1.29, 1.82) is 0 Å². The highest BCUT2D eigenvalue weighted by atomic mass is 32.2. The van der Waals surface area contributed by atoms with Crippen molar-refractivity contribution >= 4 is 15.7 Å². The van der Waals surface area contributed by atoms with Crippen molar-refractivity contribution < 1.29 is 13.2 Å². The third-order valence-corrected chi connectivity index (χ3v) is 4.49. The van der Waals surface area contributed by atoms with Gasteiger partial charge in [-0.1, -0.05) is 0 Å². The Balaban J connectivity index is 2.40. The van der Waals surface area contributed by atoms with Gasteiger partial charge in [-0.2, -0.15) is 5.10 Å². The van der Waals surface area contributed by atoms with Crippen LogP contribution in [0.4, 0.5) is 5.69 Å². The second kappa shape index (κ2) is 5.74. The number of hydrogen-bond donors (Lipinski definition) is 3. The number of aromatic amines is 1. The van der Waals surface area contributed by atoms with Gasteiger partial charge in [0.15, 0.2) is 0 Å². The minimum atomic E-state index is -3.71. The van der Waals surface area contributed by atoms with Gasteiger partial charge < -0.3 is 10.5 Å². The van der Waals surface area contributed by atoms with Crippen molar-refractivity contribution in [3.05, 3.63) is 35.2 Å². The predicted molar refractivity (Wildman–Crippen MR) is 79.8 cm³/mol. The van der Waals surface area contributed by atoms with E-state index in [-0.39, 0.29) is 11.4 Å². The lowest BCUT2D eigenvalue weighted by molar-refractivity contribution is 0.409. The van der Waals surface area contributed by atoms with Crippen LogP contribution in [0.15, 0.2) is 23.1 Å². The van der Waals surface area contributed by atoms with Gasteiger partial charge in [0.25, 0.3) is 10.0 Å². The van der Waals surface area contributed by atoms with Crippen molar-refractivity contribution in [3.63, 3.8) is 0 Å². The topological polar surface area (TPSA) is 110 Å². The molecule has 2 rings (SSSR count). The van der Waals surface area contributed by atoms with Gasteiger partial charge in [0.05, 0.1) is 29.1 Å². The van der Waals surface area contributed by atoms with Crippen LogP contribution in [0.1, 0.15) is 17.0 Å². The van der Waals surface area contributed by atoms with Gasteiger partial charge in [0, 0.05) is 12.1 Å². The van der Waals surface area contributed by atoms with Crippen LogP contribution in [0, 0.1) is 13.8 Å². The number of benzene rings is 1. The van der Waals surface area contributed by atoms with Crippen molar-refractivity contribution in [3.8, 4) is 5.75 Å². The monoisotopic (exact) mass is 310 g/mol. The van der Waals surface area contributed by atoms with E-state index in [0.29, 0.717) is 28.4 Å². The molecule has 0 aliphatic carbocycles. The van der Waals surface area contributed by atoms with E-state index in [1.165, 1.54) is 19.2 Å². The van der Waals surface area contributed by atoms with Crippen molar-refractivity contribution in [2.75, 3.05) is 11.8 Å². The number of nitrogens with one attached hydrogen (secondary N) is 2. The van der Waals surface area contributed by atoms with Crippen LogP contribution in [0.2, 0.25) is 0 Å². The maximum atomic E-state index is 12.4. The summed E-state index contributed by atoms with van der Waals surface area (Å²) in [6.07, 6.45) is 0. The lowest BCUT2D eigenvalue weighted by Crippen LogP contribution is -2.15. The molecular weight excluding hydrogens is 292 g/mol. The van der Waals surface area contributed by atoms with Crippen LogP contribution < -0.4 is 15.2 Å². The Hall–Kier alpha value is -2.06. The fraction of sp³-hybridized carbons (Fsp3) is 0.308. The first-order valence-electron chi connectivity index (χ1n) is 6.30. The summed E-state index contributed by atoms with van der Waals surface area (Å²) in [6.45, 7) is 3.66. The van der Waals surface area contributed by atoms with E-state index in [0.717, 1.165) is 0 Å². The van der Waals surface area contributed by atoms with Gasteiger partial charge in [-0.3, -0.25) is 9.82 Å². The zero-order chi connectivity index (χ0) is 15.6. The van der Waals surface area contributed by atoms with Crippen LogP contribution in [0.3, 0.4) is 0 Å². The molecule has 0 aliphatic heterocycles. The number of methoxy groups -OCH3 is 1. The van der Waals surface area contributed by atoms with E-state index in [4.69, 9.17) is 10.5 Å². The minimum Gasteiger partial charge on any atom is -0.496 e. The lowest BCUT2D eigenvalue weighted by Gasteiger charge is -2.11. The van der Waals surface area contributed by atoms with Gasteiger partial charge in [-0.25, -0.2) is 8.42 Å². The molecule has 0 atom stereocenters. The number of anilines is 1. The second-order valence-corrected chi connectivity index (χ2v) is 6.27. The number of sulfonamides is 1. The molecule has 7 nitrogen and oxygen atoms in total. The van der Waals surface area contributed by atoms with E-state index in [2.05, 4.69) is 14.9 Å². The molecule has 4 N–H and O–H groups in total. The number of ether oxygens (including phenoxy) is 1. The summed E-state index contributed by atoms with van der Waals surface area (Å²) in [7, 11) is -2.19. The maximum absolute atomic E-state index is 12.4. The molecule has 0 aliphatic rings. The average Bonchev–Trinajstić information content (AvgIpc) is 2.78. The summed E-state index contributed by atoms with van der Waals surface area (Å²) >= 11 is 0. The molecule has 0 unspecified atom stereocenters. The lowest BCUT2D eigenvalue weighted by atomic mass is 10.2. The molecule has 114 valence electrons. The summed E-state index contributed by atoms with van der Waals surface area (Å²) in [5.74, 6) is 0.562. The first-order valence-corrected chi connectivity index (χ1v) is 7.78. The summed E-state index contributed by atoms with van der Waals surface area (Å²) in [6, 6.07) is 4.57. The highest BCUT2D eigenvalue weighted by Crippen LogP contribution is 2.25. The van der Waals surface area contributed by atoms with Gasteiger partial charge in [-0.15, -0.1) is 0 Å². The highest BCUT2D eigenvalue weighted by molar-refractivity contribution is 7.92. The standard InChI is InChI=1S/C13H18N4O3S/c1-8-13(9(2)16-15-8)17-21(18,19)11-4-5-12(20-3)10(6-11)7-14/h4-6,17H,7,14H2,1-3H3,(H,15,16). The minimum absolute atomic E-state index is 0.128. The molecule has 8 heteroatoms. The largest absolute Gasteiger partial charge is 0.496 e. The second-order valence-electron chi connectivity index (χ2n) is 4.59. The van der Waals surface area contributed by atoms with Crippen molar-refractivity contribution in [1.82, 2.24) is 10.2 Å². The number of rotatable bonds is 5. The van der Waals surface area contributed by atoms with Gasteiger partial charge >= 0.3 is 0 Å². The Labute approximate surface area is 123 Å². The maximum Gasteiger partial charge on any atom is 0.262 e. The Kier molecular flexibility index (Phi) is 4.19. The number of aromatic nitrogens is 2. The molecule has 21 heavy (non-hydrogen) atoms. The number of nitrogens with two attached hydrogens (primary N) is 1. The number of aryl methyl sites for hydroxylation is 2. The smallest absolute Gasteiger partial charge is 0.262 e. The number of nitrogens with zero attached hydrogens (tertiary/aromatic N) is 1. The van der Waals surface area contributed by atoms with Crippen molar-refractivity contribution in [2.24, 2.45) is 5.73 Å². The molecule has 0 spiro atoms. The molecule has 0 bridgehead atoms. The fourth-order valence-electron chi connectivity index (χ4n) is 1.98. The summed E-state index contributed by atoms with van der Waals surface area (Å²) in [4.78, 5) is 0.128. The van der Waals surface area contributed by atoms with E-state index < -0.39 is 10.0 Å². The molecule has 0 fully saturated rings. The van der Waals surface area contributed by atoms with Crippen molar-refractivity contribution in [2.45, 2.75) is 25.3 Å². The van der Waals surface area contributed by atoms with Gasteiger partial charge in [0.1, 0.15) is 5.75 Å². The number of hydrogen-bond acceptors (Lipinski definition) is 5. The molecule has 0 radical (unpaired) electrons. The Morgan fingerprint density at radius 3 is 2.62 bits per heavy atom. The molecule has 1 heterocycles. The van der Waals surface area contributed by atoms with Crippen LogP contribution in [0.25, 0.3) is 0 Å². The molecular formula is C13H18N4O3S. The van der Waals surface area contributed by atoms with Crippen LogP contribution >= 0.6 is 0 Å². The predicted octanol–water partition coefficient (Wildman–Crippen LogP) is 1.29.